The lowest BCUT2D eigenvalue weighted by molar-refractivity contribution is -0.364. The fourth-order valence-corrected chi connectivity index (χ4v) is 2.64. The fraction of sp³-hybridized carbons (Fsp3) is 0.571. The van der Waals surface area contributed by atoms with Gasteiger partial charge in [-0.05, 0) is 12.1 Å². The lowest BCUT2D eigenvalue weighted by atomic mass is 9.88. The summed E-state index contributed by atoms with van der Waals surface area (Å²) in [6.45, 7) is -0.464. The highest BCUT2D eigenvalue weighted by Gasteiger charge is 2.55. The smallest absolute Gasteiger partial charge is 0.222 e. The van der Waals surface area contributed by atoms with Gasteiger partial charge in [0.15, 0.2) is 0 Å². The van der Waals surface area contributed by atoms with Crippen molar-refractivity contribution in [3.05, 3.63) is 29.8 Å². The molecule has 0 aliphatic carbocycles. The molecule has 0 unspecified atom stereocenters. The molecule has 2 rings (SSSR count). The molecule has 118 valence electrons. The molecular formula is C14H21NO6. The first-order valence-corrected chi connectivity index (χ1v) is 6.58. The number of nitrogen functional groups attached to an aromatic ring is 1. The zero-order valence-corrected chi connectivity index (χ0v) is 12.0. The molecule has 1 fully saturated rings. The Balaban J connectivity index is 2.44. The second kappa shape index (κ2) is 6.27. The van der Waals surface area contributed by atoms with E-state index in [1.54, 1.807) is 24.3 Å². The lowest BCUT2D eigenvalue weighted by Gasteiger charge is -2.48. The van der Waals surface area contributed by atoms with Crippen molar-refractivity contribution in [2.75, 3.05) is 26.6 Å². The van der Waals surface area contributed by atoms with E-state index in [9.17, 15) is 15.3 Å². The van der Waals surface area contributed by atoms with E-state index in [2.05, 4.69) is 0 Å². The maximum absolute atomic E-state index is 10.9. The van der Waals surface area contributed by atoms with Crippen LogP contribution in [0.15, 0.2) is 24.3 Å². The van der Waals surface area contributed by atoms with Gasteiger partial charge in [0, 0.05) is 25.5 Å². The molecule has 1 heterocycles. The molecule has 1 saturated heterocycles. The van der Waals surface area contributed by atoms with Crippen LogP contribution < -0.4 is 5.73 Å². The number of aliphatic hydroxyl groups excluding tert-OH is 2. The Morgan fingerprint density at radius 2 is 1.86 bits per heavy atom. The van der Waals surface area contributed by atoms with E-state index in [0.717, 1.165) is 0 Å². The molecule has 7 nitrogen and oxygen atoms in total. The molecule has 0 radical (unpaired) electrons. The molecule has 0 amide bonds. The molecule has 1 aliphatic rings. The molecule has 1 aliphatic heterocycles. The average molecular weight is 299 g/mol. The van der Waals surface area contributed by atoms with E-state index in [4.69, 9.17) is 19.9 Å². The second-order valence-electron chi connectivity index (χ2n) is 5.00. The van der Waals surface area contributed by atoms with E-state index in [0.29, 0.717) is 11.3 Å². The van der Waals surface area contributed by atoms with Gasteiger partial charge >= 0.3 is 0 Å². The van der Waals surface area contributed by atoms with Gasteiger partial charge in [0.05, 0.1) is 6.61 Å². The van der Waals surface area contributed by atoms with Gasteiger partial charge in [-0.1, -0.05) is 12.1 Å². The lowest BCUT2D eigenvalue weighted by Crippen LogP contribution is -2.64. The average Bonchev–Trinajstić information content (AvgIpc) is 2.49. The Morgan fingerprint density at radius 1 is 1.24 bits per heavy atom. The van der Waals surface area contributed by atoms with Crippen molar-refractivity contribution in [2.45, 2.75) is 30.2 Å². The Morgan fingerprint density at radius 3 is 2.33 bits per heavy atom. The number of hydrogen-bond donors (Lipinski definition) is 4. The van der Waals surface area contributed by atoms with Crippen molar-refractivity contribution >= 4 is 5.69 Å². The second-order valence-corrected chi connectivity index (χ2v) is 5.00. The van der Waals surface area contributed by atoms with Gasteiger partial charge in [-0.2, -0.15) is 0 Å². The number of benzene rings is 1. The fourth-order valence-electron chi connectivity index (χ4n) is 2.64. The van der Waals surface area contributed by atoms with Gasteiger partial charge in [-0.25, -0.2) is 0 Å². The van der Waals surface area contributed by atoms with Crippen molar-refractivity contribution in [1.29, 1.82) is 0 Å². The molecule has 1 aromatic rings. The molecule has 7 heteroatoms. The highest BCUT2D eigenvalue weighted by molar-refractivity contribution is 5.41. The number of ether oxygens (including phenoxy) is 3. The maximum atomic E-state index is 10.9. The first-order valence-electron chi connectivity index (χ1n) is 6.58. The first-order chi connectivity index (χ1) is 9.97. The Bertz CT molecular complexity index is 467. The normalized spacial score (nSPS) is 36.6. The molecule has 0 aromatic heterocycles. The van der Waals surface area contributed by atoms with Crippen LogP contribution in [0.2, 0.25) is 0 Å². The summed E-state index contributed by atoms with van der Waals surface area (Å²) in [6, 6.07) is 6.43. The minimum Gasteiger partial charge on any atom is -0.399 e. The van der Waals surface area contributed by atoms with Crippen LogP contribution in [0, 0.1) is 0 Å². The van der Waals surface area contributed by atoms with Crippen LogP contribution in [-0.4, -0.2) is 60.6 Å². The number of methoxy groups -OCH3 is 2. The molecular weight excluding hydrogens is 278 g/mol. The van der Waals surface area contributed by atoms with Crippen LogP contribution >= 0.6 is 0 Å². The zero-order chi connectivity index (χ0) is 15.6. The molecule has 0 spiro atoms. The molecule has 0 saturated carbocycles. The summed E-state index contributed by atoms with van der Waals surface area (Å²) in [6.07, 6.45) is -3.95. The number of nitrogens with two attached hydrogens (primary N) is 1. The Hall–Kier alpha value is -1.22. The highest BCUT2D eigenvalue weighted by Crippen LogP contribution is 2.38. The quantitative estimate of drug-likeness (QED) is 0.538. The number of hydrogen-bond acceptors (Lipinski definition) is 7. The predicted molar refractivity (Wildman–Crippen MR) is 74.3 cm³/mol. The van der Waals surface area contributed by atoms with E-state index in [1.165, 1.54) is 14.2 Å². The van der Waals surface area contributed by atoms with Crippen molar-refractivity contribution in [2.24, 2.45) is 0 Å². The third-order valence-electron chi connectivity index (χ3n) is 3.76. The minimum atomic E-state index is -1.87. The highest BCUT2D eigenvalue weighted by atomic mass is 16.7. The van der Waals surface area contributed by atoms with Crippen LogP contribution in [0.25, 0.3) is 0 Å². The van der Waals surface area contributed by atoms with Crippen molar-refractivity contribution in [1.82, 2.24) is 0 Å². The Kier molecular flexibility index (Phi) is 4.82. The summed E-state index contributed by atoms with van der Waals surface area (Å²) in [5.74, 6) is -1.87. The molecule has 21 heavy (non-hydrogen) atoms. The largest absolute Gasteiger partial charge is 0.399 e. The number of rotatable bonds is 4. The van der Waals surface area contributed by atoms with Crippen molar-refractivity contribution in [3.63, 3.8) is 0 Å². The van der Waals surface area contributed by atoms with Crippen molar-refractivity contribution < 1.29 is 29.5 Å². The summed E-state index contributed by atoms with van der Waals surface area (Å²) < 4.78 is 16.0. The van der Waals surface area contributed by atoms with Crippen LogP contribution in [0.3, 0.4) is 0 Å². The monoisotopic (exact) mass is 299 g/mol. The standard InChI is InChI=1S/C14H21NO6/c1-19-12-11(17)10(7-16)21-14(18,13(12)20-2)8-3-5-9(15)6-4-8/h3-6,10-13,16-18H,7,15H2,1-2H3/t10-,11-,12+,13+,14+/m1/s1. The Labute approximate surface area is 122 Å². The maximum Gasteiger partial charge on any atom is 0.222 e. The van der Waals surface area contributed by atoms with Gasteiger partial charge in [0.2, 0.25) is 5.79 Å². The number of aliphatic hydroxyl groups is 3. The summed E-state index contributed by atoms with van der Waals surface area (Å²) in [5.41, 5.74) is 6.57. The topological polar surface area (TPSA) is 114 Å². The van der Waals surface area contributed by atoms with E-state index >= 15 is 0 Å². The van der Waals surface area contributed by atoms with Crippen LogP contribution in [0.1, 0.15) is 5.56 Å². The van der Waals surface area contributed by atoms with Gasteiger partial charge in [-0.15, -0.1) is 0 Å². The molecule has 1 aromatic carbocycles. The summed E-state index contributed by atoms with van der Waals surface area (Å²) in [7, 11) is 2.78. The molecule has 5 atom stereocenters. The minimum absolute atomic E-state index is 0.399. The van der Waals surface area contributed by atoms with Gasteiger partial charge in [0.1, 0.15) is 24.4 Å². The first kappa shape index (κ1) is 16.2. The van der Waals surface area contributed by atoms with Crippen LogP contribution in [-0.2, 0) is 20.0 Å². The summed E-state index contributed by atoms with van der Waals surface area (Å²) in [5, 5.41) is 30.4. The molecule has 5 N–H and O–H groups in total. The summed E-state index contributed by atoms with van der Waals surface area (Å²) >= 11 is 0. The zero-order valence-electron chi connectivity index (χ0n) is 12.0. The van der Waals surface area contributed by atoms with Crippen LogP contribution in [0.5, 0.6) is 0 Å². The van der Waals surface area contributed by atoms with Crippen molar-refractivity contribution in [3.8, 4) is 0 Å². The van der Waals surface area contributed by atoms with E-state index in [1.807, 2.05) is 0 Å². The van der Waals surface area contributed by atoms with Gasteiger partial charge in [-0.3, -0.25) is 0 Å². The van der Waals surface area contributed by atoms with Gasteiger partial charge < -0.3 is 35.3 Å². The SMILES string of the molecule is CO[C@H]1[C@H](O)[C@@H](CO)O[C@@](O)(c2ccc(N)cc2)[C@H]1OC. The third-order valence-corrected chi connectivity index (χ3v) is 3.76. The number of anilines is 1. The van der Waals surface area contributed by atoms with Gasteiger partial charge in [0.25, 0.3) is 0 Å². The predicted octanol–water partition coefficient (Wildman–Crippen LogP) is -0.804. The summed E-state index contributed by atoms with van der Waals surface area (Å²) in [4.78, 5) is 0. The van der Waals surface area contributed by atoms with E-state index < -0.39 is 36.8 Å². The van der Waals surface area contributed by atoms with E-state index in [-0.39, 0.29) is 0 Å². The third kappa shape index (κ3) is 2.76. The molecule has 0 bridgehead atoms. The van der Waals surface area contributed by atoms with Crippen LogP contribution in [0.4, 0.5) is 5.69 Å².